The van der Waals surface area contributed by atoms with E-state index in [4.69, 9.17) is 0 Å². The molecule has 0 unspecified atom stereocenters. The second-order valence-electron chi connectivity index (χ2n) is 12.4. The lowest BCUT2D eigenvalue weighted by molar-refractivity contribution is 1.43. The number of allylic oxidation sites excluding steroid dienone is 11. The smallest absolute Gasteiger partial charge is 0.00928 e. The van der Waals surface area contributed by atoms with Crippen LogP contribution in [0.2, 0.25) is 0 Å². The molecule has 0 spiro atoms. The summed E-state index contributed by atoms with van der Waals surface area (Å²) in [4.78, 5) is 0. The molecule has 0 N–H and O–H groups in total. The quantitative estimate of drug-likeness (QED) is 0.112. The minimum Gasteiger partial charge on any atom is -0.0915 e. The molecule has 0 fully saturated rings. The van der Waals surface area contributed by atoms with E-state index < -0.39 is 0 Å². The number of hydrogen-bond acceptors (Lipinski definition) is 0. The van der Waals surface area contributed by atoms with Crippen LogP contribution in [-0.4, -0.2) is 0 Å². The third-order valence-electron chi connectivity index (χ3n) is 9.27. The summed E-state index contributed by atoms with van der Waals surface area (Å²) in [5.41, 5.74) is 12.3. The van der Waals surface area contributed by atoms with Crippen molar-refractivity contribution in [3.8, 4) is 22.3 Å². The Morgan fingerprint density at radius 1 is 0.521 bits per heavy atom. The summed E-state index contributed by atoms with van der Waals surface area (Å²) in [6.07, 6.45) is 12.3. The van der Waals surface area contributed by atoms with Crippen LogP contribution in [0.3, 0.4) is 0 Å². The third kappa shape index (κ3) is 6.43. The number of rotatable bonds is 9. The number of aryl methyl sites for hydroxylation is 1. The molecule has 0 heterocycles. The summed E-state index contributed by atoms with van der Waals surface area (Å²) in [6.45, 7) is 20.9. The molecule has 0 aliphatic heterocycles. The van der Waals surface area contributed by atoms with Crippen LogP contribution in [0.5, 0.6) is 0 Å². The zero-order valence-corrected chi connectivity index (χ0v) is 28.5. The first-order chi connectivity index (χ1) is 23.3. The molecule has 0 atom stereocenters. The molecule has 0 aliphatic rings. The molecule has 0 nitrogen and oxygen atoms in total. The predicted molar refractivity (Wildman–Crippen MR) is 213 cm³/mol. The van der Waals surface area contributed by atoms with Gasteiger partial charge in [0, 0.05) is 0 Å². The van der Waals surface area contributed by atoms with Gasteiger partial charge in [0.15, 0.2) is 0 Å². The SMILES string of the molecule is C=C(/C=C\C)C(=C)/C=C\C(=C)/C(C)=C/C(=C\C)c1cccc(-c2ccc(-c3ccc4c5ccccc5c5ccccc5c4c3)c(C)c2)c1. The molecule has 0 saturated heterocycles. The fourth-order valence-electron chi connectivity index (χ4n) is 6.53. The molecule has 0 aliphatic carbocycles. The van der Waals surface area contributed by atoms with Gasteiger partial charge in [-0.3, -0.25) is 0 Å². The van der Waals surface area contributed by atoms with E-state index in [1.165, 1.54) is 65.7 Å². The summed E-state index contributed by atoms with van der Waals surface area (Å²) in [7, 11) is 0. The summed E-state index contributed by atoms with van der Waals surface area (Å²) < 4.78 is 0. The van der Waals surface area contributed by atoms with E-state index in [-0.39, 0.29) is 0 Å². The van der Waals surface area contributed by atoms with Crippen LogP contribution < -0.4 is 0 Å². The third-order valence-corrected chi connectivity index (χ3v) is 9.27. The van der Waals surface area contributed by atoms with E-state index in [1.807, 2.05) is 31.2 Å². The molecule has 48 heavy (non-hydrogen) atoms. The van der Waals surface area contributed by atoms with Crippen LogP contribution in [0.15, 0.2) is 188 Å². The first kappa shape index (κ1) is 32.2. The van der Waals surface area contributed by atoms with Gasteiger partial charge in [-0.2, -0.15) is 0 Å². The highest BCUT2D eigenvalue weighted by molar-refractivity contribution is 6.25. The van der Waals surface area contributed by atoms with Gasteiger partial charge < -0.3 is 0 Å². The second kappa shape index (κ2) is 14.0. The van der Waals surface area contributed by atoms with Gasteiger partial charge in [-0.1, -0.05) is 153 Å². The first-order valence-corrected chi connectivity index (χ1v) is 16.6. The summed E-state index contributed by atoms with van der Waals surface area (Å²) in [5, 5.41) is 7.79. The highest BCUT2D eigenvalue weighted by Gasteiger charge is 2.12. The van der Waals surface area contributed by atoms with E-state index in [0.29, 0.717) is 0 Å². The molecule has 0 bridgehead atoms. The Labute approximate surface area is 285 Å². The van der Waals surface area contributed by atoms with Crippen molar-refractivity contribution in [1.82, 2.24) is 0 Å². The van der Waals surface area contributed by atoms with Crippen LogP contribution in [0.1, 0.15) is 31.9 Å². The van der Waals surface area contributed by atoms with Crippen LogP contribution in [0.4, 0.5) is 0 Å². The fourth-order valence-corrected chi connectivity index (χ4v) is 6.53. The zero-order valence-electron chi connectivity index (χ0n) is 28.5. The largest absolute Gasteiger partial charge is 0.0915 e. The van der Waals surface area contributed by atoms with Crippen LogP contribution in [0.25, 0.3) is 60.1 Å². The molecular weight excluding hydrogens is 577 g/mol. The normalized spacial score (nSPS) is 12.5. The Morgan fingerprint density at radius 3 is 1.71 bits per heavy atom. The molecule has 6 aromatic rings. The van der Waals surface area contributed by atoms with E-state index in [2.05, 4.69) is 162 Å². The van der Waals surface area contributed by atoms with Crippen LogP contribution >= 0.6 is 0 Å². The maximum atomic E-state index is 4.29. The average molecular weight is 619 g/mol. The topological polar surface area (TPSA) is 0 Å². The molecule has 6 rings (SSSR count). The van der Waals surface area contributed by atoms with Crippen molar-refractivity contribution in [2.24, 2.45) is 0 Å². The van der Waals surface area contributed by atoms with Crippen molar-refractivity contribution in [1.29, 1.82) is 0 Å². The maximum Gasteiger partial charge on any atom is -0.00928 e. The van der Waals surface area contributed by atoms with Crippen molar-refractivity contribution < 1.29 is 0 Å². The molecule has 0 heteroatoms. The van der Waals surface area contributed by atoms with E-state index in [0.717, 1.165) is 27.9 Å². The second-order valence-corrected chi connectivity index (χ2v) is 12.4. The maximum absolute atomic E-state index is 4.29. The Hall–Kier alpha value is -5.72. The Kier molecular flexibility index (Phi) is 9.37. The number of hydrogen-bond donors (Lipinski definition) is 0. The lowest BCUT2D eigenvalue weighted by Gasteiger charge is -2.14. The zero-order chi connectivity index (χ0) is 33.8. The Balaban J connectivity index is 1.29. The number of fused-ring (bicyclic) bond motifs is 6. The van der Waals surface area contributed by atoms with Crippen molar-refractivity contribution in [2.45, 2.75) is 27.7 Å². The molecule has 234 valence electrons. The highest BCUT2D eigenvalue weighted by atomic mass is 14.2. The van der Waals surface area contributed by atoms with Crippen molar-refractivity contribution >= 4 is 37.9 Å². The van der Waals surface area contributed by atoms with Crippen LogP contribution in [0, 0.1) is 6.92 Å². The predicted octanol–water partition coefficient (Wildman–Crippen LogP) is 13.9. The molecule has 0 saturated carbocycles. The first-order valence-electron chi connectivity index (χ1n) is 16.6. The van der Waals surface area contributed by atoms with Gasteiger partial charge >= 0.3 is 0 Å². The standard InChI is InChI=1S/C48H42/c1-8-15-32(3)33(4)22-23-34(5)35(6)28-37(9-2)38-16-14-17-39(30-38)40-24-26-42(36(7)29-40)41-25-27-47-45-20-11-10-18-43(45)44-19-12-13-21-46(44)48(47)31-41/h8-31H,3-5H2,1-2,6-7H3/b15-8-,23-22-,35-28+,37-9+. The lowest BCUT2D eigenvalue weighted by atomic mass is 9.90. The van der Waals surface area contributed by atoms with Crippen molar-refractivity contribution in [2.75, 3.05) is 0 Å². The van der Waals surface area contributed by atoms with Gasteiger partial charge in [0.25, 0.3) is 0 Å². The molecule has 0 amide bonds. The van der Waals surface area contributed by atoms with E-state index >= 15 is 0 Å². The molecule has 0 aromatic heterocycles. The highest BCUT2D eigenvalue weighted by Crippen LogP contribution is 2.38. The fraction of sp³-hybridized carbons (Fsp3) is 0.0833. The minimum atomic E-state index is 0.880. The van der Waals surface area contributed by atoms with Gasteiger partial charge in [-0.15, -0.1) is 0 Å². The van der Waals surface area contributed by atoms with Gasteiger partial charge in [-0.25, -0.2) is 0 Å². The average Bonchev–Trinajstić information content (AvgIpc) is 3.12. The van der Waals surface area contributed by atoms with Gasteiger partial charge in [0.1, 0.15) is 0 Å². The monoisotopic (exact) mass is 618 g/mol. The van der Waals surface area contributed by atoms with Crippen molar-refractivity contribution in [3.05, 3.63) is 199 Å². The molecule has 6 aromatic carbocycles. The molecule has 0 radical (unpaired) electrons. The van der Waals surface area contributed by atoms with Gasteiger partial charge in [0.05, 0.1) is 0 Å². The summed E-state index contributed by atoms with van der Waals surface area (Å²) in [6, 6.07) is 40.1. The van der Waals surface area contributed by atoms with Crippen molar-refractivity contribution in [3.63, 3.8) is 0 Å². The van der Waals surface area contributed by atoms with Gasteiger partial charge in [0.2, 0.25) is 0 Å². The molecular formula is C48H42. The van der Waals surface area contributed by atoms with Gasteiger partial charge in [-0.05, 0) is 133 Å². The van der Waals surface area contributed by atoms with E-state index in [1.54, 1.807) is 0 Å². The lowest BCUT2D eigenvalue weighted by Crippen LogP contribution is -1.89. The minimum absolute atomic E-state index is 0.880. The van der Waals surface area contributed by atoms with E-state index in [9.17, 15) is 0 Å². The number of benzene rings is 6. The summed E-state index contributed by atoms with van der Waals surface area (Å²) >= 11 is 0. The summed E-state index contributed by atoms with van der Waals surface area (Å²) in [5.74, 6) is 0. The van der Waals surface area contributed by atoms with Crippen LogP contribution in [-0.2, 0) is 0 Å². The Bertz CT molecular complexity index is 2330. The Morgan fingerprint density at radius 2 is 1.08 bits per heavy atom.